The molecule has 2 unspecified atom stereocenters. The molecule has 1 saturated heterocycles. The number of hydrogen-bond acceptors (Lipinski definition) is 7. The second-order valence-electron chi connectivity index (χ2n) is 11.1. The maximum Gasteiger partial charge on any atom is 0.286 e. The third kappa shape index (κ3) is 3.85. The number of fused-ring (bicyclic) bond motifs is 6. The van der Waals surface area contributed by atoms with E-state index in [4.69, 9.17) is 0 Å². The lowest BCUT2D eigenvalue weighted by Gasteiger charge is -2.44. The summed E-state index contributed by atoms with van der Waals surface area (Å²) in [7, 11) is -7.87. The molecule has 0 spiro atoms. The minimum Gasteiger partial charge on any atom is -0.511 e. The Bertz CT molecular complexity index is 1720. The Balaban J connectivity index is 1.28. The number of sulfonamides is 2. The molecule has 210 valence electrons. The van der Waals surface area contributed by atoms with E-state index in [1.807, 2.05) is 0 Å². The molecule has 3 heterocycles. The Labute approximate surface area is 231 Å². The summed E-state index contributed by atoms with van der Waals surface area (Å²) in [5.74, 6) is -1.32. The van der Waals surface area contributed by atoms with E-state index >= 15 is 0 Å². The third-order valence-corrected chi connectivity index (χ3v) is 12.1. The molecule has 1 amide bonds. The third-order valence-electron chi connectivity index (χ3n) is 8.88. The molecule has 0 radical (unpaired) electrons. The zero-order valence-electron chi connectivity index (χ0n) is 21.3. The topological polar surface area (TPSA) is 136 Å². The summed E-state index contributed by atoms with van der Waals surface area (Å²) >= 11 is 0. The molecule has 10 nitrogen and oxygen atoms in total. The number of carbonyl (C=O) groups excluding carboxylic acids is 1. The Hall–Kier alpha value is -3.45. The van der Waals surface area contributed by atoms with Crippen LogP contribution in [-0.4, -0.2) is 56.9 Å². The highest BCUT2D eigenvalue weighted by Crippen LogP contribution is 2.55. The maximum atomic E-state index is 14.0. The number of benzene rings is 2. The van der Waals surface area contributed by atoms with Gasteiger partial charge in [-0.3, -0.25) is 9.10 Å². The summed E-state index contributed by atoms with van der Waals surface area (Å²) in [5, 5.41) is 14.4. The van der Waals surface area contributed by atoms with E-state index in [9.17, 15) is 31.1 Å². The van der Waals surface area contributed by atoms with Crippen LogP contribution in [0.3, 0.4) is 0 Å². The van der Waals surface area contributed by atoms with Crippen LogP contribution in [0, 0.1) is 23.6 Å². The van der Waals surface area contributed by atoms with Gasteiger partial charge in [-0.1, -0.05) is 12.1 Å². The molecular formula is C27H27FN4O6S2. The van der Waals surface area contributed by atoms with Crippen LogP contribution in [0.1, 0.15) is 31.2 Å². The van der Waals surface area contributed by atoms with Gasteiger partial charge in [-0.15, -0.1) is 4.40 Å². The van der Waals surface area contributed by atoms with Crippen molar-refractivity contribution in [2.75, 3.05) is 21.9 Å². The van der Waals surface area contributed by atoms with Crippen molar-refractivity contribution >= 4 is 43.2 Å². The van der Waals surface area contributed by atoms with Crippen molar-refractivity contribution in [1.82, 2.24) is 4.90 Å². The highest BCUT2D eigenvalue weighted by molar-refractivity contribution is 7.93. The van der Waals surface area contributed by atoms with Gasteiger partial charge in [0, 0.05) is 25.0 Å². The molecule has 0 aromatic heterocycles. The molecule has 2 aromatic carbocycles. The van der Waals surface area contributed by atoms with Crippen LogP contribution in [0.4, 0.5) is 15.8 Å². The van der Waals surface area contributed by atoms with Gasteiger partial charge < -0.3 is 15.3 Å². The molecule has 3 fully saturated rings. The number of halogens is 1. The van der Waals surface area contributed by atoms with Crippen LogP contribution in [0.2, 0.25) is 0 Å². The molecule has 3 aliphatic heterocycles. The average Bonchev–Trinajstić information content (AvgIpc) is 3.62. The Morgan fingerprint density at radius 1 is 1.05 bits per heavy atom. The van der Waals surface area contributed by atoms with Crippen molar-refractivity contribution in [3.63, 3.8) is 0 Å². The quantitative estimate of drug-likeness (QED) is 0.562. The summed E-state index contributed by atoms with van der Waals surface area (Å²) in [4.78, 5) is 15.5. The number of hydrogen-bond donors (Lipinski definition) is 2. The summed E-state index contributed by atoms with van der Waals surface area (Å²) in [5.41, 5.74) is 0.902. The van der Waals surface area contributed by atoms with E-state index in [2.05, 4.69) is 9.71 Å². The number of anilines is 2. The van der Waals surface area contributed by atoms with Crippen LogP contribution in [0.25, 0.3) is 0 Å². The van der Waals surface area contributed by atoms with Crippen molar-refractivity contribution in [2.45, 2.75) is 43.2 Å². The van der Waals surface area contributed by atoms with Gasteiger partial charge in [0.25, 0.3) is 15.9 Å². The standard InChI is InChI=1S/C27H27FN4O6S2/c28-18-6-2-15(3-7-18)14-31-24-17-5-4-16(12-17)22(24)25(33)23(27(31)34)26-29-20-9-8-19(13-21(20)40(37,38)30-26)32-10-1-11-39(32,35)36/h2-3,6-9,13,16-17,22,24,33H,1,4-5,10-12,14H2,(H,29,30)/t16-,17+,22?,24?/m1/s1. The van der Waals surface area contributed by atoms with Crippen LogP contribution in [0.15, 0.2) is 63.1 Å². The predicted octanol–water partition coefficient (Wildman–Crippen LogP) is 3.15. The highest BCUT2D eigenvalue weighted by atomic mass is 32.2. The number of aliphatic hydroxyl groups is 1. The van der Waals surface area contributed by atoms with Gasteiger partial charge in [0.15, 0.2) is 5.84 Å². The van der Waals surface area contributed by atoms with E-state index in [0.717, 1.165) is 24.8 Å². The summed E-state index contributed by atoms with van der Waals surface area (Å²) in [6.45, 7) is 0.442. The van der Waals surface area contributed by atoms with Gasteiger partial charge in [0.05, 0.1) is 17.1 Å². The molecule has 2 saturated carbocycles. The van der Waals surface area contributed by atoms with Crippen molar-refractivity contribution in [1.29, 1.82) is 0 Å². The number of carbonyl (C=O) groups is 1. The van der Waals surface area contributed by atoms with Gasteiger partial charge in [-0.25, -0.2) is 12.8 Å². The second kappa shape index (κ2) is 8.77. The Morgan fingerprint density at radius 3 is 2.52 bits per heavy atom. The first-order valence-electron chi connectivity index (χ1n) is 13.3. The largest absolute Gasteiger partial charge is 0.511 e. The first kappa shape index (κ1) is 25.5. The first-order valence-corrected chi connectivity index (χ1v) is 16.3. The van der Waals surface area contributed by atoms with Crippen LogP contribution in [0.5, 0.6) is 0 Å². The van der Waals surface area contributed by atoms with Crippen molar-refractivity contribution in [3.05, 3.63) is 65.2 Å². The number of aliphatic hydroxyl groups excluding tert-OH is 1. The lowest BCUT2D eigenvalue weighted by Crippen LogP contribution is -2.53. The molecular weight excluding hydrogens is 559 g/mol. The summed E-state index contributed by atoms with van der Waals surface area (Å²) < 4.78 is 70.1. The van der Waals surface area contributed by atoms with E-state index in [-0.39, 0.29) is 81.9 Å². The lowest BCUT2D eigenvalue weighted by atomic mass is 9.77. The molecule has 13 heteroatoms. The molecule has 2 N–H and O–H groups in total. The Morgan fingerprint density at radius 2 is 1.80 bits per heavy atom. The zero-order chi connectivity index (χ0) is 28.0. The first-order chi connectivity index (χ1) is 19.0. The monoisotopic (exact) mass is 586 g/mol. The van der Waals surface area contributed by atoms with E-state index < -0.39 is 26.0 Å². The number of amides is 1. The summed E-state index contributed by atoms with van der Waals surface area (Å²) in [6, 6.07) is 9.87. The van der Waals surface area contributed by atoms with Crippen molar-refractivity contribution < 1.29 is 31.1 Å². The van der Waals surface area contributed by atoms with Crippen LogP contribution in [-0.2, 0) is 31.4 Å². The van der Waals surface area contributed by atoms with Gasteiger partial charge in [0.2, 0.25) is 10.0 Å². The van der Waals surface area contributed by atoms with E-state index in [0.29, 0.717) is 6.42 Å². The number of nitrogens with zero attached hydrogens (tertiary/aromatic N) is 3. The molecule has 2 aromatic rings. The van der Waals surface area contributed by atoms with Crippen LogP contribution < -0.4 is 9.62 Å². The number of rotatable bonds is 4. The number of nitrogens with one attached hydrogen (secondary N) is 1. The molecule has 7 rings (SSSR count). The second-order valence-corrected chi connectivity index (χ2v) is 14.7. The van der Waals surface area contributed by atoms with E-state index in [1.165, 1.54) is 34.6 Å². The zero-order valence-corrected chi connectivity index (χ0v) is 23.0. The molecule has 40 heavy (non-hydrogen) atoms. The highest BCUT2D eigenvalue weighted by Gasteiger charge is 2.57. The molecule has 2 bridgehead atoms. The Kier molecular flexibility index (Phi) is 5.60. The van der Waals surface area contributed by atoms with E-state index in [1.54, 1.807) is 17.0 Å². The normalized spacial score (nSPS) is 29.7. The van der Waals surface area contributed by atoms with Crippen LogP contribution >= 0.6 is 0 Å². The van der Waals surface area contributed by atoms with Crippen molar-refractivity contribution in [2.24, 2.45) is 22.2 Å². The molecule has 4 atom stereocenters. The van der Waals surface area contributed by atoms with Crippen molar-refractivity contribution in [3.8, 4) is 0 Å². The van der Waals surface area contributed by atoms with Gasteiger partial charge in [-0.05, 0) is 73.4 Å². The minimum atomic E-state index is -4.34. The molecule has 5 aliphatic rings. The van der Waals surface area contributed by atoms with Gasteiger partial charge in [0.1, 0.15) is 22.0 Å². The average molecular weight is 587 g/mol. The van der Waals surface area contributed by atoms with Gasteiger partial charge in [-0.2, -0.15) is 8.42 Å². The number of amidine groups is 1. The summed E-state index contributed by atoms with van der Waals surface area (Å²) in [6.07, 6.45) is 3.16. The fourth-order valence-electron chi connectivity index (χ4n) is 7.18. The fraction of sp³-hybridized carbons (Fsp3) is 0.407. The minimum absolute atomic E-state index is 0.00857. The smallest absolute Gasteiger partial charge is 0.286 e. The SMILES string of the molecule is O=C1C(C2=NS(=O)(=O)c3cc(N4CCCS4(=O)=O)ccc3N2)=C(O)C2C([C@H]3CC[C@@H]2C3)N1Cc1ccc(F)cc1. The van der Waals surface area contributed by atoms with Gasteiger partial charge >= 0.3 is 0 Å². The fourth-order valence-corrected chi connectivity index (χ4v) is 9.87. The maximum absolute atomic E-state index is 14.0. The molecule has 2 aliphatic carbocycles. The predicted molar refractivity (Wildman–Crippen MR) is 145 cm³/mol. The lowest BCUT2D eigenvalue weighted by molar-refractivity contribution is -0.134.